The molecule has 3 aliphatic rings. The number of piperazine rings is 1. The maximum Gasteiger partial charge on any atom is 0.416 e. The van der Waals surface area contributed by atoms with Crippen LogP contribution in [0.2, 0.25) is 0 Å². The quantitative estimate of drug-likeness (QED) is 0.107. The van der Waals surface area contributed by atoms with Gasteiger partial charge in [0, 0.05) is 37.3 Å². The molecule has 3 aromatic rings. The number of carbonyl (C=O) groups excluding carboxylic acids is 2. The fourth-order valence-electron chi connectivity index (χ4n) is 7.09. The first-order valence-corrected chi connectivity index (χ1v) is 17.7. The number of aryl methyl sites for hydroxylation is 1. The number of aliphatic hydroxyl groups excluding tert-OH is 1. The Labute approximate surface area is 307 Å². The number of amides is 2. The van der Waals surface area contributed by atoms with Gasteiger partial charge in [-0.25, -0.2) is 8.78 Å². The van der Waals surface area contributed by atoms with E-state index in [4.69, 9.17) is 9.84 Å². The van der Waals surface area contributed by atoms with Crippen LogP contribution in [0.5, 0.6) is 5.75 Å². The molecule has 54 heavy (non-hydrogen) atoms. The Bertz CT molecular complexity index is 1920. The largest absolute Gasteiger partial charge is 0.488 e. The summed E-state index contributed by atoms with van der Waals surface area (Å²) in [6.45, 7) is 0.145. The van der Waals surface area contributed by atoms with Crippen molar-refractivity contribution in [1.29, 1.82) is 0 Å². The molecule has 2 amide bonds. The third kappa shape index (κ3) is 9.24. The Hall–Kier alpha value is -4.89. The number of benzene rings is 3. The van der Waals surface area contributed by atoms with Crippen molar-refractivity contribution in [3.05, 3.63) is 106 Å². The maximum atomic E-state index is 14.7. The fraction of sp³-hybridized carbons (Fsp3) is 0.410. The van der Waals surface area contributed by atoms with Crippen LogP contribution in [0.1, 0.15) is 60.8 Å². The molecular weight excluding hydrogens is 720 g/mol. The molecule has 3 aromatic carbocycles. The first-order valence-electron chi connectivity index (χ1n) is 17.7. The highest BCUT2D eigenvalue weighted by Crippen LogP contribution is 2.38. The number of fused-ring (bicyclic) bond motifs is 2. The fourth-order valence-corrected chi connectivity index (χ4v) is 7.09. The van der Waals surface area contributed by atoms with Gasteiger partial charge in [0.15, 0.2) is 17.4 Å². The first kappa shape index (κ1) is 38.8. The third-order valence-corrected chi connectivity index (χ3v) is 9.82. The molecule has 0 spiro atoms. The van der Waals surface area contributed by atoms with Crippen molar-refractivity contribution in [2.24, 2.45) is 0 Å². The Kier molecular flexibility index (Phi) is 11.7. The summed E-state index contributed by atoms with van der Waals surface area (Å²) in [5.74, 6) is -6.50. The van der Waals surface area contributed by atoms with Crippen LogP contribution in [0.25, 0.3) is 5.57 Å². The number of carboxylic acids is 1. The van der Waals surface area contributed by atoms with Gasteiger partial charge in [0.2, 0.25) is 11.7 Å². The van der Waals surface area contributed by atoms with Crippen LogP contribution in [0, 0.1) is 17.5 Å². The molecule has 9 nitrogen and oxygen atoms in total. The van der Waals surface area contributed by atoms with E-state index in [2.05, 4.69) is 5.32 Å². The summed E-state index contributed by atoms with van der Waals surface area (Å²) in [5, 5.41) is 22.6. The van der Waals surface area contributed by atoms with E-state index in [1.54, 1.807) is 11.0 Å². The van der Waals surface area contributed by atoms with Crippen LogP contribution in [0.15, 0.2) is 66.2 Å². The molecule has 1 aliphatic carbocycles. The summed E-state index contributed by atoms with van der Waals surface area (Å²) in [6.07, 6.45) is -4.48. The van der Waals surface area contributed by atoms with E-state index in [0.717, 1.165) is 29.3 Å². The molecule has 3 atom stereocenters. The first-order chi connectivity index (χ1) is 25.7. The molecule has 2 fully saturated rings. The van der Waals surface area contributed by atoms with E-state index in [1.165, 1.54) is 11.0 Å². The van der Waals surface area contributed by atoms with Crippen LogP contribution in [-0.4, -0.2) is 81.7 Å². The standard InChI is InChI=1S/C39H39F6N3O6/c40-30-12-13-31(41)37(36(30)42)54-14-2-4-22-6-8-24(9-7-22)29-16-26-20-47(33(50)17-28(49)18-34(51)52)21-32(46-26)35(29)38(53)48(27-10-11-27)19-23-3-1-5-25(15-23)39(43,44)45/h1,3,5-9,12-13,15,26-28,32,46,49H,2,4,10-11,14,16-21H2,(H,51,52)/t26-,28-,32-/m1/s1. The summed E-state index contributed by atoms with van der Waals surface area (Å²) in [7, 11) is 0. The van der Waals surface area contributed by atoms with Crippen molar-refractivity contribution in [1.82, 2.24) is 15.1 Å². The summed E-state index contributed by atoms with van der Waals surface area (Å²) in [5.41, 5.74) is 2.16. The Balaban J connectivity index is 1.25. The van der Waals surface area contributed by atoms with Gasteiger partial charge >= 0.3 is 12.1 Å². The lowest BCUT2D eigenvalue weighted by Gasteiger charge is -2.45. The topological polar surface area (TPSA) is 119 Å². The lowest BCUT2D eigenvalue weighted by Crippen LogP contribution is -2.62. The van der Waals surface area contributed by atoms with E-state index in [0.29, 0.717) is 54.9 Å². The normalized spacial score (nSPS) is 19.1. The molecule has 0 aromatic heterocycles. The zero-order valence-corrected chi connectivity index (χ0v) is 29.1. The number of aliphatic hydroxyl groups is 1. The monoisotopic (exact) mass is 759 g/mol. The van der Waals surface area contributed by atoms with Crippen molar-refractivity contribution in [2.45, 2.75) is 81.9 Å². The molecular formula is C39H39F6N3O6. The number of nitrogens with one attached hydrogen (secondary N) is 1. The van der Waals surface area contributed by atoms with Crippen LogP contribution in [-0.2, 0) is 33.5 Å². The number of carboxylic acid groups (broad SMARTS) is 1. The SMILES string of the molecule is O=C(O)C[C@H](O)CC(=O)N1C[C@H]2CC(c3ccc(CCCOc4c(F)ccc(F)c4F)cc3)=C(C(=O)N(Cc3cccc(C(F)(F)F)c3)C3CC3)[C@@H](C1)N2. The number of nitrogens with zero attached hydrogens (tertiary/aromatic N) is 2. The number of ether oxygens (including phenoxy) is 1. The van der Waals surface area contributed by atoms with Gasteiger partial charge in [-0.05, 0) is 78.6 Å². The van der Waals surface area contributed by atoms with Gasteiger partial charge in [0.1, 0.15) is 0 Å². The molecule has 2 heterocycles. The van der Waals surface area contributed by atoms with E-state index >= 15 is 0 Å². The second kappa shape index (κ2) is 16.2. The minimum absolute atomic E-state index is 0.0480. The van der Waals surface area contributed by atoms with Crippen LogP contribution in [0.4, 0.5) is 26.3 Å². The van der Waals surface area contributed by atoms with Crippen molar-refractivity contribution >= 4 is 23.4 Å². The molecule has 3 N–H and O–H groups in total. The van der Waals surface area contributed by atoms with Gasteiger partial charge in [-0.15, -0.1) is 0 Å². The Morgan fingerprint density at radius 2 is 1.67 bits per heavy atom. The third-order valence-electron chi connectivity index (χ3n) is 9.82. The molecule has 15 heteroatoms. The van der Waals surface area contributed by atoms with Gasteiger partial charge in [0.25, 0.3) is 5.91 Å². The van der Waals surface area contributed by atoms with Crippen molar-refractivity contribution < 1.29 is 55.7 Å². The number of hydrogen-bond acceptors (Lipinski definition) is 6. The predicted molar refractivity (Wildman–Crippen MR) is 183 cm³/mol. The molecule has 1 saturated carbocycles. The van der Waals surface area contributed by atoms with E-state index in [-0.39, 0.29) is 44.2 Å². The van der Waals surface area contributed by atoms with Crippen LogP contribution < -0.4 is 10.1 Å². The number of alkyl halides is 3. The number of carbonyl (C=O) groups is 3. The predicted octanol–water partition coefficient (Wildman–Crippen LogP) is 5.88. The lowest BCUT2D eigenvalue weighted by atomic mass is 9.82. The van der Waals surface area contributed by atoms with E-state index in [9.17, 15) is 45.8 Å². The Morgan fingerprint density at radius 1 is 0.944 bits per heavy atom. The highest BCUT2D eigenvalue weighted by Gasteiger charge is 2.43. The van der Waals surface area contributed by atoms with Crippen LogP contribution >= 0.6 is 0 Å². The van der Waals surface area contributed by atoms with Gasteiger partial charge in [-0.3, -0.25) is 14.4 Å². The maximum absolute atomic E-state index is 14.7. The van der Waals surface area contributed by atoms with Gasteiger partial charge in [0.05, 0.1) is 37.2 Å². The number of rotatable bonds is 14. The zero-order valence-electron chi connectivity index (χ0n) is 29.1. The van der Waals surface area contributed by atoms with E-state index in [1.807, 2.05) is 24.3 Å². The highest BCUT2D eigenvalue weighted by atomic mass is 19.4. The average Bonchev–Trinajstić information content (AvgIpc) is 3.96. The molecule has 288 valence electrons. The number of aliphatic carboxylic acids is 1. The highest BCUT2D eigenvalue weighted by molar-refractivity contribution is 6.03. The lowest BCUT2D eigenvalue weighted by molar-refractivity contribution is -0.141. The van der Waals surface area contributed by atoms with Gasteiger partial charge in [-0.1, -0.05) is 36.4 Å². The smallest absolute Gasteiger partial charge is 0.416 e. The second-order valence-corrected chi connectivity index (χ2v) is 14.0. The minimum atomic E-state index is -4.56. The summed E-state index contributed by atoms with van der Waals surface area (Å²) >= 11 is 0. The zero-order chi connectivity index (χ0) is 38.7. The Morgan fingerprint density at radius 3 is 2.35 bits per heavy atom. The van der Waals surface area contributed by atoms with E-state index < -0.39 is 71.8 Å². The molecule has 1 saturated heterocycles. The second-order valence-electron chi connectivity index (χ2n) is 14.0. The van der Waals surface area contributed by atoms with Gasteiger partial charge < -0.3 is 30.1 Å². The molecule has 0 radical (unpaired) electrons. The summed E-state index contributed by atoms with van der Waals surface area (Å²) < 4.78 is 87.3. The van der Waals surface area contributed by atoms with Crippen molar-refractivity contribution in [3.8, 4) is 5.75 Å². The minimum Gasteiger partial charge on any atom is -0.488 e. The van der Waals surface area contributed by atoms with Gasteiger partial charge in [-0.2, -0.15) is 17.6 Å². The molecule has 2 aliphatic heterocycles. The molecule has 6 rings (SSSR count). The van der Waals surface area contributed by atoms with Crippen molar-refractivity contribution in [2.75, 3.05) is 19.7 Å². The summed E-state index contributed by atoms with van der Waals surface area (Å²) in [6, 6.07) is 12.5. The van der Waals surface area contributed by atoms with Crippen LogP contribution in [0.3, 0.4) is 0 Å². The average molecular weight is 760 g/mol. The molecule has 0 unspecified atom stereocenters. The van der Waals surface area contributed by atoms with Crippen molar-refractivity contribution in [3.63, 3.8) is 0 Å². The number of hydrogen-bond donors (Lipinski definition) is 3. The summed E-state index contributed by atoms with van der Waals surface area (Å²) in [4.78, 5) is 42.0. The number of halogens is 6. The molecule has 2 bridgehead atoms.